The number of fused-ring (bicyclic) bond motifs is 1. The van der Waals surface area contributed by atoms with Crippen molar-refractivity contribution in [3.63, 3.8) is 0 Å². The van der Waals surface area contributed by atoms with E-state index in [1.165, 1.54) is 25.1 Å². The van der Waals surface area contributed by atoms with Crippen LogP contribution < -0.4 is 0 Å². The molecule has 0 bridgehead atoms. The Labute approximate surface area is 131 Å². The summed E-state index contributed by atoms with van der Waals surface area (Å²) in [5.41, 5.74) is 2.08. The molecule has 0 aliphatic carbocycles. The van der Waals surface area contributed by atoms with Gasteiger partial charge in [0.2, 0.25) is 0 Å². The van der Waals surface area contributed by atoms with Gasteiger partial charge in [-0.2, -0.15) is 0 Å². The van der Waals surface area contributed by atoms with Crippen LogP contribution in [0.5, 0.6) is 0 Å². The molecule has 2 saturated heterocycles. The van der Waals surface area contributed by atoms with Crippen LogP contribution in [0.1, 0.15) is 43.5 Å². The number of imidazole rings is 1. The monoisotopic (exact) mass is 300 g/mol. The van der Waals surface area contributed by atoms with E-state index in [1.807, 2.05) is 12.3 Å². The van der Waals surface area contributed by atoms with E-state index in [9.17, 15) is 0 Å². The molecular formula is C17H24N4O. The maximum atomic E-state index is 5.71. The van der Waals surface area contributed by atoms with E-state index in [0.29, 0.717) is 12.0 Å². The Balaban J connectivity index is 1.76. The number of hydrogen-bond donors (Lipinski definition) is 0. The van der Waals surface area contributed by atoms with Gasteiger partial charge >= 0.3 is 0 Å². The second-order valence-electron chi connectivity index (χ2n) is 6.63. The molecule has 1 unspecified atom stereocenters. The highest BCUT2D eigenvalue weighted by atomic mass is 16.5. The van der Waals surface area contributed by atoms with Crippen molar-refractivity contribution in [1.82, 2.24) is 19.4 Å². The van der Waals surface area contributed by atoms with Crippen LogP contribution in [0.3, 0.4) is 0 Å². The van der Waals surface area contributed by atoms with Crippen molar-refractivity contribution >= 4 is 11.2 Å². The van der Waals surface area contributed by atoms with Gasteiger partial charge in [-0.25, -0.2) is 9.97 Å². The molecule has 2 aromatic rings. The number of likely N-dealkylation sites (tertiary alicyclic amines) is 1. The van der Waals surface area contributed by atoms with Gasteiger partial charge in [-0.3, -0.25) is 0 Å². The molecule has 2 aliphatic rings. The molecule has 5 nitrogen and oxygen atoms in total. The normalized spacial score (nSPS) is 24.9. The van der Waals surface area contributed by atoms with Gasteiger partial charge in [0.25, 0.3) is 0 Å². The Morgan fingerprint density at radius 2 is 2.09 bits per heavy atom. The summed E-state index contributed by atoms with van der Waals surface area (Å²) in [5, 5.41) is 0. The van der Waals surface area contributed by atoms with Gasteiger partial charge in [-0.05, 0) is 58.0 Å². The van der Waals surface area contributed by atoms with Gasteiger partial charge in [0.15, 0.2) is 5.65 Å². The largest absolute Gasteiger partial charge is 0.381 e. The molecule has 0 N–H and O–H groups in total. The molecule has 1 atom stereocenters. The topological polar surface area (TPSA) is 43.2 Å². The van der Waals surface area contributed by atoms with Crippen molar-refractivity contribution in [2.45, 2.75) is 37.6 Å². The van der Waals surface area contributed by atoms with Crippen LogP contribution in [-0.2, 0) is 4.74 Å². The average Bonchev–Trinajstić information content (AvgIpc) is 2.96. The van der Waals surface area contributed by atoms with E-state index in [4.69, 9.17) is 9.72 Å². The number of rotatable bonds is 2. The standard InChI is InChI=1S/C17H24N4O/c1-20-9-6-14(7-10-20)21-16(13-4-3-11-22-12-13)19-15-5-2-8-18-17(15)21/h2,5,8,13-14H,3-4,6-7,9-12H2,1H3. The van der Waals surface area contributed by atoms with Crippen molar-refractivity contribution in [3.05, 3.63) is 24.2 Å². The lowest BCUT2D eigenvalue weighted by Gasteiger charge is -2.32. The van der Waals surface area contributed by atoms with E-state index >= 15 is 0 Å². The maximum Gasteiger partial charge on any atom is 0.160 e. The Morgan fingerprint density at radius 1 is 1.23 bits per heavy atom. The Bertz CT molecular complexity index is 639. The SMILES string of the molecule is CN1CCC(n2c(C3CCCOC3)nc3cccnc32)CC1. The first-order valence-electron chi connectivity index (χ1n) is 8.42. The second kappa shape index (κ2) is 5.97. The first-order chi connectivity index (χ1) is 10.8. The third-order valence-corrected chi connectivity index (χ3v) is 5.05. The summed E-state index contributed by atoms with van der Waals surface area (Å²) in [5.74, 6) is 1.62. The number of hydrogen-bond acceptors (Lipinski definition) is 4. The molecule has 4 rings (SSSR count). The van der Waals surface area contributed by atoms with Gasteiger partial charge in [0.05, 0.1) is 6.61 Å². The van der Waals surface area contributed by atoms with Crippen molar-refractivity contribution in [3.8, 4) is 0 Å². The molecule has 2 aromatic heterocycles. The average molecular weight is 300 g/mol. The molecule has 22 heavy (non-hydrogen) atoms. The molecule has 0 aromatic carbocycles. The summed E-state index contributed by atoms with van der Waals surface area (Å²) >= 11 is 0. The fourth-order valence-corrected chi connectivity index (χ4v) is 3.79. The van der Waals surface area contributed by atoms with Crippen LogP contribution >= 0.6 is 0 Å². The first kappa shape index (κ1) is 14.2. The molecule has 2 fully saturated rings. The van der Waals surface area contributed by atoms with Gasteiger partial charge in [-0.1, -0.05) is 0 Å². The third kappa shape index (κ3) is 2.52. The fourth-order valence-electron chi connectivity index (χ4n) is 3.79. The molecular weight excluding hydrogens is 276 g/mol. The number of pyridine rings is 1. The summed E-state index contributed by atoms with van der Waals surface area (Å²) in [7, 11) is 2.20. The summed E-state index contributed by atoms with van der Waals surface area (Å²) in [6, 6.07) is 4.59. The summed E-state index contributed by atoms with van der Waals surface area (Å²) in [4.78, 5) is 12.0. The van der Waals surface area contributed by atoms with Crippen LogP contribution in [0.15, 0.2) is 18.3 Å². The zero-order valence-corrected chi connectivity index (χ0v) is 13.2. The quantitative estimate of drug-likeness (QED) is 0.855. The van der Waals surface area contributed by atoms with E-state index in [0.717, 1.165) is 43.9 Å². The Morgan fingerprint density at radius 3 is 2.86 bits per heavy atom. The first-order valence-corrected chi connectivity index (χ1v) is 8.42. The maximum absolute atomic E-state index is 5.71. The third-order valence-electron chi connectivity index (χ3n) is 5.05. The number of aromatic nitrogens is 3. The number of ether oxygens (including phenoxy) is 1. The zero-order chi connectivity index (χ0) is 14.9. The van der Waals surface area contributed by atoms with Crippen LogP contribution in [0.25, 0.3) is 11.2 Å². The lowest BCUT2D eigenvalue weighted by molar-refractivity contribution is 0.0760. The van der Waals surface area contributed by atoms with Gasteiger partial charge in [0, 0.05) is 24.8 Å². The predicted molar refractivity (Wildman–Crippen MR) is 86.1 cm³/mol. The molecule has 0 spiro atoms. The molecule has 0 saturated carbocycles. The van der Waals surface area contributed by atoms with Crippen LogP contribution in [0, 0.1) is 0 Å². The Kier molecular flexibility index (Phi) is 3.84. The minimum absolute atomic E-state index is 0.419. The van der Waals surface area contributed by atoms with Crippen molar-refractivity contribution in [2.75, 3.05) is 33.4 Å². The van der Waals surface area contributed by atoms with Crippen molar-refractivity contribution < 1.29 is 4.74 Å². The lowest BCUT2D eigenvalue weighted by atomic mass is 9.99. The molecule has 0 amide bonds. The summed E-state index contributed by atoms with van der Waals surface area (Å²) in [6.45, 7) is 3.99. The van der Waals surface area contributed by atoms with Gasteiger partial charge in [0.1, 0.15) is 11.3 Å². The van der Waals surface area contributed by atoms with Crippen molar-refractivity contribution in [1.29, 1.82) is 0 Å². The van der Waals surface area contributed by atoms with Gasteiger partial charge < -0.3 is 14.2 Å². The van der Waals surface area contributed by atoms with E-state index in [2.05, 4.69) is 27.6 Å². The lowest BCUT2D eigenvalue weighted by Crippen LogP contribution is -2.33. The summed E-state index contributed by atoms with van der Waals surface area (Å²) in [6.07, 6.45) is 6.56. The summed E-state index contributed by atoms with van der Waals surface area (Å²) < 4.78 is 8.14. The second-order valence-corrected chi connectivity index (χ2v) is 6.63. The predicted octanol–water partition coefficient (Wildman–Crippen LogP) is 2.59. The highest BCUT2D eigenvalue weighted by Crippen LogP contribution is 2.33. The van der Waals surface area contributed by atoms with E-state index < -0.39 is 0 Å². The highest BCUT2D eigenvalue weighted by molar-refractivity contribution is 5.71. The van der Waals surface area contributed by atoms with E-state index in [1.54, 1.807) is 0 Å². The molecule has 2 aliphatic heterocycles. The van der Waals surface area contributed by atoms with Crippen molar-refractivity contribution in [2.24, 2.45) is 0 Å². The van der Waals surface area contributed by atoms with Crippen LogP contribution in [-0.4, -0.2) is 52.8 Å². The minimum atomic E-state index is 0.419. The zero-order valence-electron chi connectivity index (χ0n) is 13.2. The van der Waals surface area contributed by atoms with Crippen LogP contribution in [0.2, 0.25) is 0 Å². The fraction of sp³-hybridized carbons (Fsp3) is 0.647. The molecule has 118 valence electrons. The highest BCUT2D eigenvalue weighted by Gasteiger charge is 2.28. The minimum Gasteiger partial charge on any atom is -0.381 e. The van der Waals surface area contributed by atoms with E-state index in [-0.39, 0.29) is 0 Å². The number of piperidine rings is 1. The molecule has 5 heteroatoms. The molecule has 4 heterocycles. The smallest absolute Gasteiger partial charge is 0.160 e. The molecule has 0 radical (unpaired) electrons. The Hall–Kier alpha value is -1.46. The van der Waals surface area contributed by atoms with Gasteiger partial charge in [-0.15, -0.1) is 0 Å². The number of nitrogens with zero attached hydrogens (tertiary/aromatic N) is 4. The van der Waals surface area contributed by atoms with Crippen LogP contribution in [0.4, 0.5) is 0 Å².